The maximum absolute atomic E-state index is 12.3. The topological polar surface area (TPSA) is 68.0 Å². The van der Waals surface area contributed by atoms with Gasteiger partial charge in [0.15, 0.2) is 0 Å². The van der Waals surface area contributed by atoms with Crippen LogP contribution in [0.5, 0.6) is 0 Å². The fourth-order valence-electron chi connectivity index (χ4n) is 2.33. The zero-order valence-corrected chi connectivity index (χ0v) is 14.9. The minimum absolute atomic E-state index is 0.0807. The maximum atomic E-state index is 12.3. The summed E-state index contributed by atoms with van der Waals surface area (Å²) in [6, 6.07) is 14.6. The fourth-order valence-corrected chi connectivity index (χ4v) is 2.80. The molecule has 5 nitrogen and oxygen atoms in total. The van der Waals surface area contributed by atoms with E-state index in [0.29, 0.717) is 22.4 Å². The van der Waals surface area contributed by atoms with Crippen molar-refractivity contribution >= 4 is 29.1 Å². The Kier molecular flexibility index (Phi) is 5.36. The first-order valence-corrected chi connectivity index (χ1v) is 8.40. The zero-order valence-electron chi connectivity index (χ0n) is 13.4. The summed E-state index contributed by atoms with van der Waals surface area (Å²) in [5.41, 5.74) is 1.78. The third-order valence-corrected chi connectivity index (χ3v) is 4.25. The Labute approximate surface area is 155 Å². The van der Waals surface area contributed by atoms with Crippen LogP contribution in [0.3, 0.4) is 0 Å². The van der Waals surface area contributed by atoms with Gasteiger partial charge in [0.2, 0.25) is 5.89 Å². The largest absolute Gasteiger partial charge is 0.417 e. The van der Waals surface area contributed by atoms with Crippen LogP contribution in [0.2, 0.25) is 10.0 Å². The van der Waals surface area contributed by atoms with Gasteiger partial charge in [-0.15, -0.1) is 10.2 Å². The first-order valence-electron chi connectivity index (χ1n) is 7.65. The van der Waals surface area contributed by atoms with Crippen LogP contribution in [0.1, 0.15) is 40.7 Å². The van der Waals surface area contributed by atoms with Gasteiger partial charge in [-0.1, -0.05) is 59.6 Å². The highest BCUT2D eigenvalue weighted by Crippen LogP contribution is 2.23. The smallest absolute Gasteiger partial charge is 0.309 e. The standard InChI is InChI=1S/C18H15Cl2N3O2/c1-11(12-5-3-2-4-6-12)21-17(24)18-23-22-16(25-18)9-13-7-8-14(19)10-15(13)20/h2-8,10-11H,9H2,1H3,(H,21,24). The van der Waals surface area contributed by atoms with Crippen molar-refractivity contribution in [2.45, 2.75) is 19.4 Å². The molecule has 1 atom stereocenters. The first-order chi connectivity index (χ1) is 12.0. The number of nitrogens with zero attached hydrogens (tertiary/aromatic N) is 2. The molecular formula is C18H15Cl2N3O2. The summed E-state index contributed by atoms with van der Waals surface area (Å²) < 4.78 is 5.45. The molecule has 0 fully saturated rings. The molecule has 1 amide bonds. The van der Waals surface area contributed by atoms with Crippen LogP contribution in [0.15, 0.2) is 52.9 Å². The molecule has 3 aromatic rings. The monoisotopic (exact) mass is 375 g/mol. The lowest BCUT2D eigenvalue weighted by Gasteiger charge is -2.12. The summed E-state index contributed by atoms with van der Waals surface area (Å²) >= 11 is 12.0. The quantitative estimate of drug-likeness (QED) is 0.714. The Hall–Kier alpha value is -2.37. The number of rotatable bonds is 5. The molecule has 1 aromatic heterocycles. The molecule has 7 heteroatoms. The summed E-state index contributed by atoms with van der Waals surface area (Å²) in [4.78, 5) is 12.3. The van der Waals surface area contributed by atoms with Crippen molar-refractivity contribution in [2.24, 2.45) is 0 Å². The van der Waals surface area contributed by atoms with Gasteiger partial charge >= 0.3 is 11.8 Å². The first kappa shape index (κ1) is 17.5. The van der Waals surface area contributed by atoms with Gasteiger partial charge in [0.05, 0.1) is 12.5 Å². The van der Waals surface area contributed by atoms with Crippen molar-refractivity contribution < 1.29 is 9.21 Å². The van der Waals surface area contributed by atoms with Gasteiger partial charge in [-0.3, -0.25) is 4.79 Å². The van der Waals surface area contributed by atoms with Crippen molar-refractivity contribution in [1.82, 2.24) is 15.5 Å². The van der Waals surface area contributed by atoms with Crippen molar-refractivity contribution in [2.75, 3.05) is 0 Å². The van der Waals surface area contributed by atoms with Crippen LogP contribution in [-0.4, -0.2) is 16.1 Å². The molecule has 0 aliphatic heterocycles. The van der Waals surface area contributed by atoms with Crippen LogP contribution in [0.4, 0.5) is 0 Å². The third-order valence-electron chi connectivity index (χ3n) is 3.67. The number of carbonyl (C=O) groups excluding carboxylic acids is 1. The van der Waals surface area contributed by atoms with Crippen LogP contribution >= 0.6 is 23.2 Å². The van der Waals surface area contributed by atoms with Gasteiger partial charge in [-0.2, -0.15) is 0 Å². The van der Waals surface area contributed by atoms with Gasteiger partial charge in [0.25, 0.3) is 0 Å². The Morgan fingerprint density at radius 2 is 1.92 bits per heavy atom. The molecule has 1 N–H and O–H groups in total. The second kappa shape index (κ2) is 7.68. The summed E-state index contributed by atoms with van der Waals surface area (Å²) in [5.74, 6) is -0.193. The molecule has 0 aliphatic carbocycles. The Bertz CT molecular complexity index is 881. The average molecular weight is 376 g/mol. The molecular weight excluding hydrogens is 361 g/mol. The van der Waals surface area contributed by atoms with Crippen LogP contribution in [-0.2, 0) is 6.42 Å². The molecule has 2 aromatic carbocycles. The minimum Gasteiger partial charge on any atom is -0.417 e. The van der Waals surface area contributed by atoms with Crippen molar-refractivity contribution in [3.05, 3.63) is 81.5 Å². The Morgan fingerprint density at radius 1 is 1.16 bits per heavy atom. The number of hydrogen-bond acceptors (Lipinski definition) is 4. The van der Waals surface area contributed by atoms with E-state index in [4.69, 9.17) is 27.6 Å². The van der Waals surface area contributed by atoms with Crippen LogP contribution in [0, 0.1) is 0 Å². The van der Waals surface area contributed by atoms with E-state index < -0.39 is 5.91 Å². The third kappa shape index (κ3) is 4.38. The summed E-state index contributed by atoms with van der Waals surface area (Å²) in [6.45, 7) is 1.89. The van der Waals surface area contributed by atoms with E-state index in [2.05, 4.69) is 15.5 Å². The minimum atomic E-state index is -0.419. The molecule has 3 rings (SSSR count). The van der Waals surface area contributed by atoms with E-state index in [1.807, 2.05) is 37.3 Å². The van der Waals surface area contributed by atoms with Gasteiger partial charge in [0, 0.05) is 10.0 Å². The molecule has 25 heavy (non-hydrogen) atoms. The lowest BCUT2D eigenvalue weighted by Crippen LogP contribution is -2.26. The molecule has 0 spiro atoms. The lowest BCUT2D eigenvalue weighted by molar-refractivity contribution is 0.0903. The van der Waals surface area contributed by atoms with Crippen molar-refractivity contribution in [1.29, 1.82) is 0 Å². The lowest BCUT2D eigenvalue weighted by atomic mass is 10.1. The highest BCUT2D eigenvalue weighted by molar-refractivity contribution is 6.35. The van der Waals surface area contributed by atoms with E-state index in [1.165, 1.54) is 0 Å². The van der Waals surface area contributed by atoms with E-state index in [0.717, 1.165) is 11.1 Å². The molecule has 1 heterocycles. The maximum Gasteiger partial charge on any atom is 0.309 e. The fraction of sp³-hybridized carbons (Fsp3) is 0.167. The van der Waals surface area contributed by atoms with Gasteiger partial charge < -0.3 is 9.73 Å². The van der Waals surface area contributed by atoms with E-state index in [-0.39, 0.29) is 11.9 Å². The highest BCUT2D eigenvalue weighted by atomic mass is 35.5. The van der Waals surface area contributed by atoms with Crippen molar-refractivity contribution in [3.63, 3.8) is 0 Å². The molecule has 0 radical (unpaired) electrons. The summed E-state index contributed by atoms with van der Waals surface area (Å²) in [5, 5.41) is 11.6. The normalized spacial score (nSPS) is 12.0. The summed E-state index contributed by atoms with van der Waals surface area (Å²) in [7, 11) is 0. The predicted octanol–water partition coefficient (Wildman–Crippen LogP) is 4.46. The van der Waals surface area contributed by atoms with Gasteiger partial charge in [-0.25, -0.2) is 0 Å². The molecule has 1 unspecified atom stereocenters. The number of amides is 1. The second-order valence-electron chi connectivity index (χ2n) is 5.52. The van der Waals surface area contributed by atoms with Gasteiger partial charge in [0.1, 0.15) is 0 Å². The Morgan fingerprint density at radius 3 is 2.64 bits per heavy atom. The number of carbonyl (C=O) groups is 1. The number of hydrogen-bond donors (Lipinski definition) is 1. The molecule has 0 aliphatic rings. The van der Waals surface area contributed by atoms with Gasteiger partial charge in [-0.05, 0) is 30.2 Å². The van der Waals surface area contributed by atoms with E-state index in [1.54, 1.807) is 18.2 Å². The number of halogens is 2. The molecule has 0 saturated carbocycles. The SMILES string of the molecule is CC(NC(=O)c1nnc(Cc2ccc(Cl)cc2Cl)o1)c1ccccc1. The van der Waals surface area contributed by atoms with Crippen molar-refractivity contribution in [3.8, 4) is 0 Å². The van der Waals surface area contributed by atoms with Crippen LogP contribution in [0.25, 0.3) is 0 Å². The Balaban J connectivity index is 1.67. The molecule has 128 valence electrons. The second-order valence-corrected chi connectivity index (χ2v) is 6.36. The van der Waals surface area contributed by atoms with Crippen LogP contribution < -0.4 is 5.32 Å². The number of aromatic nitrogens is 2. The molecule has 0 bridgehead atoms. The number of benzene rings is 2. The highest BCUT2D eigenvalue weighted by Gasteiger charge is 2.18. The average Bonchev–Trinajstić information content (AvgIpc) is 3.07. The molecule has 0 saturated heterocycles. The number of nitrogens with one attached hydrogen (secondary N) is 1. The van der Waals surface area contributed by atoms with E-state index in [9.17, 15) is 4.79 Å². The predicted molar refractivity (Wildman–Crippen MR) is 95.9 cm³/mol. The summed E-state index contributed by atoms with van der Waals surface area (Å²) in [6.07, 6.45) is 0.324. The van der Waals surface area contributed by atoms with E-state index >= 15 is 0 Å². The zero-order chi connectivity index (χ0) is 17.8.